The molecular weight excluding hydrogens is 457 g/mol. The molecule has 0 unspecified atom stereocenters. The summed E-state index contributed by atoms with van der Waals surface area (Å²) in [5.74, 6) is 1.09. The van der Waals surface area contributed by atoms with Crippen LogP contribution in [0.2, 0.25) is 0 Å². The molecule has 0 saturated carbocycles. The number of methoxy groups -OCH3 is 1. The van der Waals surface area contributed by atoms with E-state index in [1.54, 1.807) is 17.7 Å². The molecule has 4 rings (SSSR count). The Balaban J connectivity index is 1.49. The summed E-state index contributed by atoms with van der Waals surface area (Å²) in [6.07, 6.45) is -4.48. The molecule has 0 fully saturated rings. The van der Waals surface area contributed by atoms with Crippen LogP contribution < -0.4 is 10.1 Å². The number of para-hydroxylation sites is 1. The molecule has 4 aromatic rings. The quantitative estimate of drug-likeness (QED) is 0.356. The van der Waals surface area contributed by atoms with Crippen LogP contribution in [0.1, 0.15) is 12.5 Å². The average Bonchev–Trinajstić information content (AvgIpc) is 3.40. The number of thioether (sulfide) groups is 1. The smallest absolute Gasteiger partial charge is 0.416 e. The van der Waals surface area contributed by atoms with E-state index in [4.69, 9.17) is 9.15 Å². The fourth-order valence-electron chi connectivity index (χ4n) is 3.27. The van der Waals surface area contributed by atoms with Crippen LogP contribution in [-0.2, 0) is 17.5 Å². The lowest BCUT2D eigenvalue weighted by Gasteiger charge is -2.10. The fraction of sp³-hybridized carbons (Fsp3) is 0.227. The van der Waals surface area contributed by atoms with Crippen molar-refractivity contribution in [2.24, 2.45) is 0 Å². The van der Waals surface area contributed by atoms with Crippen LogP contribution >= 0.6 is 11.8 Å². The zero-order valence-corrected chi connectivity index (χ0v) is 18.5. The molecule has 0 bridgehead atoms. The number of halogens is 3. The van der Waals surface area contributed by atoms with E-state index >= 15 is 0 Å². The summed E-state index contributed by atoms with van der Waals surface area (Å²) in [5, 5.41) is 12.2. The van der Waals surface area contributed by atoms with Crippen LogP contribution in [0.4, 0.5) is 18.9 Å². The van der Waals surface area contributed by atoms with Gasteiger partial charge in [0.25, 0.3) is 0 Å². The van der Waals surface area contributed by atoms with Gasteiger partial charge < -0.3 is 14.5 Å². The number of aromatic nitrogens is 3. The van der Waals surface area contributed by atoms with Crippen molar-refractivity contribution in [3.63, 3.8) is 0 Å². The number of nitrogens with zero attached hydrogens (tertiary/aromatic N) is 3. The number of anilines is 1. The summed E-state index contributed by atoms with van der Waals surface area (Å²) < 4.78 is 51.7. The van der Waals surface area contributed by atoms with Gasteiger partial charge in [0.1, 0.15) is 0 Å². The van der Waals surface area contributed by atoms with Gasteiger partial charge in [-0.15, -0.1) is 10.2 Å². The highest BCUT2D eigenvalue weighted by Crippen LogP contribution is 2.34. The predicted molar refractivity (Wildman–Crippen MR) is 118 cm³/mol. The average molecular weight is 476 g/mol. The standard InChI is InChI=1S/C22H19F3N4O3S/c1-3-29-20(17-10-13-6-4-9-16(31-2)19(13)32-17)27-28-21(29)33-12-18(30)26-15-8-5-7-14(11-15)22(23,24)25/h4-11H,3,12H2,1-2H3,(H,26,30). The molecule has 1 amide bonds. The highest BCUT2D eigenvalue weighted by atomic mass is 32.2. The van der Waals surface area contributed by atoms with E-state index in [-0.39, 0.29) is 11.4 Å². The maximum atomic E-state index is 12.9. The number of carbonyl (C=O) groups excluding carboxylic acids is 1. The molecule has 0 spiro atoms. The summed E-state index contributed by atoms with van der Waals surface area (Å²) in [5.41, 5.74) is -0.162. The number of carbonyl (C=O) groups is 1. The molecule has 2 aromatic heterocycles. The molecule has 0 atom stereocenters. The number of nitrogens with one attached hydrogen (secondary N) is 1. The molecule has 172 valence electrons. The third-order valence-corrected chi connectivity index (χ3v) is 5.75. The lowest BCUT2D eigenvalue weighted by Crippen LogP contribution is -2.15. The Hall–Kier alpha value is -3.47. The van der Waals surface area contributed by atoms with Gasteiger partial charge in [-0.05, 0) is 37.3 Å². The van der Waals surface area contributed by atoms with Crippen molar-refractivity contribution in [3.05, 3.63) is 54.1 Å². The summed E-state index contributed by atoms with van der Waals surface area (Å²) in [6, 6.07) is 11.9. The molecule has 0 radical (unpaired) electrons. The molecule has 2 heterocycles. The van der Waals surface area contributed by atoms with Crippen molar-refractivity contribution < 1.29 is 27.1 Å². The fourth-order valence-corrected chi connectivity index (χ4v) is 4.07. The molecular formula is C22H19F3N4O3S. The third kappa shape index (κ3) is 4.82. The lowest BCUT2D eigenvalue weighted by molar-refractivity contribution is -0.137. The molecule has 0 aliphatic rings. The van der Waals surface area contributed by atoms with Crippen LogP contribution in [0.15, 0.2) is 58.1 Å². The monoisotopic (exact) mass is 476 g/mol. The van der Waals surface area contributed by atoms with Crippen LogP contribution in [-0.4, -0.2) is 33.5 Å². The van der Waals surface area contributed by atoms with Crippen LogP contribution in [0.5, 0.6) is 5.75 Å². The predicted octanol–water partition coefficient (Wildman–Crippen LogP) is 5.47. The topological polar surface area (TPSA) is 82.2 Å². The van der Waals surface area contributed by atoms with Gasteiger partial charge in [-0.25, -0.2) is 0 Å². The number of alkyl halides is 3. The van der Waals surface area contributed by atoms with Crippen molar-refractivity contribution >= 4 is 34.3 Å². The Labute approximate surface area is 190 Å². The molecule has 11 heteroatoms. The maximum absolute atomic E-state index is 12.9. The number of rotatable bonds is 7. The minimum absolute atomic E-state index is 0.0532. The van der Waals surface area contributed by atoms with Gasteiger partial charge in [-0.2, -0.15) is 13.2 Å². The molecule has 0 aliphatic heterocycles. The number of benzene rings is 2. The van der Waals surface area contributed by atoms with Gasteiger partial charge >= 0.3 is 6.18 Å². The Morgan fingerprint density at radius 3 is 2.70 bits per heavy atom. The zero-order valence-electron chi connectivity index (χ0n) is 17.6. The molecule has 1 N–H and O–H groups in total. The first kappa shape index (κ1) is 22.7. The van der Waals surface area contributed by atoms with Crippen LogP contribution in [0, 0.1) is 0 Å². The van der Waals surface area contributed by atoms with E-state index in [2.05, 4.69) is 15.5 Å². The van der Waals surface area contributed by atoms with Crippen molar-refractivity contribution in [3.8, 4) is 17.3 Å². The van der Waals surface area contributed by atoms with Crippen molar-refractivity contribution in [2.45, 2.75) is 24.8 Å². The Bertz CT molecular complexity index is 1300. The number of fused-ring (bicyclic) bond motifs is 1. The first-order chi connectivity index (χ1) is 15.8. The Morgan fingerprint density at radius 1 is 1.18 bits per heavy atom. The Morgan fingerprint density at radius 2 is 1.97 bits per heavy atom. The first-order valence-corrected chi connectivity index (χ1v) is 10.9. The highest BCUT2D eigenvalue weighted by Gasteiger charge is 2.30. The Kier molecular flexibility index (Phi) is 6.32. The first-order valence-electron chi connectivity index (χ1n) is 9.90. The molecule has 2 aromatic carbocycles. The molecule has 0 aliphatic carbocycles. The number of hydrogen-bond acceptors (Lipinski definition) is 6. The van der Waals surface area contributed by atoms with Gasteiger partial charge in [-0.1, -0.05) is 30.0 Å². The number of ether oxygens (including phenoxy) is 1. The summed E-state index contributed by atoms with van der Waals surface area (Å²) in [4.78, 5) is 12.3. The van der Waals surface area contributed by atoms with Gasteiger partial charge in [0.05, 0.1) is 18.4 Å². The minimum atomic E-state index is -4.48. The van der Waals surface area contributed by atoms with Crippen molar-refractivity contribution in [2.75, 3.05) is 18.2 Å². The van der Waals surface area contributed by atoms with Crippen LogP contribution in [0.3, 0.4) is 0 Å². The zero-order chi connectivity index (χ0) is 23.6. The second-order valence-electron chi connectivity index (χ2n) is 6.96. The van der Waals surface area contributed by atoms with Gasteiger partial charge in [-0.3, -0.25) is 9.36 Å². The van der Waals surface area contributed by atoms with E-state index in [1.807, 2.05) is 25.1 Å². The molecule has 33 heavy (non-hydrogen) atoms. The van der Waals surface area contributed by atoms with E-state index in [9.17, 15) is 18.0 Å². The molecule has 0 saturated heterocycles. The van der Waals surface area contributed by atoms with Gasteiger partial charge in [0, 0.05) is 17.6 Å². The SMILES string of the molecule is CCn1c(SCC(=O)Nc2cccc(C(F)(F)F)c2)nnc1-c1cc2cccc(OC)c2o1. The maximum Gasteiger partial charge on any atom is 0.416 e. The van der Waals surface area contributed by atoms with E-state index in [1.165, 1.54) is 12.1 Å². The normalized spacial score (nSPS) is 11.7. The summed E-state index contributed by atoms with van der Waals surface area (Å²) in [7, 11) is 1.56. The second kappa shape index (κ2) is 9.18. The van der Waals surface area contributed by atoms with Gasteiger partial charge in [0.2, 0.25) is 11.7 Å². The van der Waals surface area contributed by atoms with Crippen molar-refractivity contribution in [1.82, 2.24) is 14.8 Å². The number of amides is 1. The van der Waals surface area contributed by atoms with Crippen molar-refractivity contribution in [1.29, 1.82) is 0 Å². The van der Waals surface area contributed by atoms with Crippen LogP contribution in [0.25, 0.3) is 22.6 Å². The minimum Gasteiger partial charge on any atom is -0.493 e. The van der Waals surface area contributed by atoms with E-state index in [0.29, 0.717) is 34.6 Å². The largest absolute Gasteiger partial charge is 0.493 e. The highest BCUT2D eigenvalue weighted by molar-refractivity contribution is 7.99. The summed E-state index contributed by atoms with van der Waals surface area (Å²) in [6.45, 7) is 2.43. The number of hydrogen-bond donors (Lipinski definition) is 1. The van der Waals surface area contributed by atoms with E-state index < -0.39 is 17.6 Å². The van der Waals surface area contributed by atoms with E-state index in [0.717, 1.165) is 29.3 Å². The lowest BCUT2D eigenvalue weighted by atomic mass is 10.2. The summed E-state index contributed by atoms with van der Waals surface area (Å²) >= 11 is 1.13. The molecule has 7 nitrogen and oxygen atoms in total. The number of furan rings is 1. The second-order valence-corrected chi connectivity index (χ2v) is 7.90. The van der Waals surface area contributed by atoms with Gasteiger partial charge in [0.15, 0.2) is 22.2 Å². The third-order valence-electron chi connectivity index (χ3n) is 4.79.